The highest BCUT2D eigenvalue weighted by atomic mass is 16.3. The Morgan fingerprint density at radius 2 is 1.67 bits per heavy atom. The fraction of sp³-hybridized carbons (Fsp3) is 0.963. The minimum Gasteiger partial charge on any atom is -0.393 e. The topological polar surface area (TPSA) is 57.5 Å². The summed E-state index contributed by atoms with van der Waals surface area (Å²) in [5.41, 5.74) is -0.316. The molecule has 4 fully saturated rings. The van der Waals surface area contributed by atoms with Crippen LogP contribution in [0.15, 0.2) is 0 Å². The van der Waals surface area contributed by atoms with Gasteiger partial charge in [-0.15, -0.1) is 0 Å². The number of carbonyl (C=O) groups is 1. The van der Waals surface area contributed by atoms with Crippen molar-refractivity contribution in [1.29, 1.82) is 0 Å². The van der Waals surface area contributed by atoms with Crippen molar-refractivity contribution in [2.24, 2.45) is 46.3 Å². The molecule has 0 unspecified atom stereocenters. The predicted octanol–water partition coefficient (Wildman–Crippen LogP) is 5.76. The lowest BCUT2D eigenvalue weighted by atomic mass is 9.44. The van der Waals surface area contributed by atoms with Crippen LogP contribution in [0.5, 0.6) is 0 Å². The Labute approximate surface area is 184 Å². The highest BCUT2D eigenvalue weighted by molar-refractivity contribution is 5.86. The van der Waals surface area contributed by atoms with Gasteiger partial charge in [0.2, 0.25) is 0 Å². The summed E-state index contributed by atoms with van der Waals surface area (Å²) < 4.78 is 0. The zero-order valence-corrected chi connectivity index (χ0v) is 20.1. The number of aliphatic hydroxyl groups excluding tert-OH is 1. The van der Waals surface area contributed by atoms with Crippen LogP contribution in [0.2, 0.25) is 0 Å². The molecule has 30 heavy (non-hydrogen) atoms. The number of carbonyl (C=O) groups excluding carboxylic acids is 1. The Kier molecular flexibility index (Phi) is 5.97. The van der Waals surface area contributed by atoms with Crippen molar-refractivity contribution in [2.45, 2.75) is 117 Å². The van der Waals surface area contributed by atoms with Gasteiger partial charge in [-0.25, -0.2) is 0 Å². The molecule has 0 spiro atoms. The van der Waals surface area contributed by atoms with Crippen LogP contribution in [0.1, 0.15) is 105 Å². The van der Waals surface area contributed by atoms with E-state index in [1.165, 1.54) is 44.9 Å². The number of rotatable bonds is 5. The van der Waals surface area contributed by atoms with Crippen LogP contribution >= 0.6 is 0 Å². The highest BCUT2D eigenvalue weighted by Gasteiger charge is 2.60. The van der Waals surface area contributed by atoms with Gasteiger partial charge in [0.1, 0.15) is 5.60 Å². The Morgan fingerprint density at radius 3 is 2.37 bits per heavy atom. The Bertz CT molecular complexity index is 651. The highest BCUT2D eigenvalue weighted by Crippen LogP contribution is 2.68. The quantitative estimate of drug-likeness (QED) is 0.596. The van der Waals surface area contributed by atoms with Crippen LogP contribution in [-0.2, 0) is 4.79 Å². The molecule has 9 atom stereocenters. The van der Waals surface area contributed by atoms with E-state index >= 15 is 0 Å². The van der Waals surface area contributed by atoms with E-state index in [9.17, 15) is 15.0 Å². The third-order valence-electron chi connectivity index (χ3n) is 10.9. The molecule has 4 rings (SSSR count). The third kappa shape index (κ3) is 3.70. The molecule has 0 heterocycles. The molecule has 0 saturated heterocycles. The molecule has 0 aromatic rings. The van der Waals surface area contributed by atoms with Gasteiger partial charge in [-0.2, -0.15) is 0 Å². The van der Waals surface area contributed by atoms with Gasteiger partial charge in [0.25, 0.3) is 0 Å². The summed E-state index contributed by atoms with van der Waals surface area (Å²) in [6.45, 7) is 10.8. The summed E-state index contributed by atoms with van der Waals surface area (Å²) in [7, 11) is 0. The van der Waals surface area contributed by atoms with Crippen molar-refractivity contribution in [3.8, 4) is 0 Å². The van der Waals surface area contributed by atoms with E-state index < -0.39 is 5.60 Å². The van der Waals surface area contributed by atoms with E-state index in [0.717, 1.165) is 48.9 Å². The van der Waals surface area contributed by atoms with Crippen molar-refractivity contribution < 1.29 is 15.0 Å². The van der Waals surface area contributed by atoms with E-state index in [2.05, 4.69) is 20.8 Å². The van der Waals surface area contributed by atoms with Gasteiger partial charge < -0.3 is 10.2 Å². The maximum atomic E-state index is 12.3. The van der Waals surface area contributed by atoms with E-state index in [0.29, 0.717) is 23.2 Å². The van der Waals surface area contributed by atoms with Crippen LogP contribution < -0.4 is 0 Å². The van der Waals surface area contributed by atoms with Crippen molar-refractivity contribution in [1.82, 2.24) is 0 Å². The average molecular weight is 419 g/mol. The Morgan fingerprint density at radius 1 is 1.00 bits per heavy atom. The lowest BCUT2D eigenvalue weighted by Crippen LogP contribution is -2.54. The van der Waals surface area contributed by atoms with Crippen molar-refractivity contribution >= 4 is 5.78 Å². The fourth-order valence-electron chi connectivity index (χ4n) is 9.08. The van der Waals surface area contributed by atoms with Crippen LogP contribution in [0.25, 0.3) is 0 Å². The van der Waals surface area contributed by atoms with Crippen molar-refractivity contribution in [3.05, 3.63) is 0 Å². The molecule has 0 aromatic carbocycles. The molecule has 4 aliphatic carbocycles. The van der Waals surface area contributed by atoms with Crippen molar-refractivity contribution in [3.63, 3.8) is 0 Å². The van der Waals surface area contributed by atoms with E-state index in [1.807, 2.05) is 0 Å². The van der Waals surface area contributed by atoms with Crippen molar-refractivity contribution in [2.75, 3.05) is 0 Å². The minimum atomic E-state index is -1.19. The third-order valence-corrected chi connectivity index (χ3v) is 10.9. The zero-order chi connectivity index (χ0) is 21.9. The lowest BCUT2D eigenvalue weighted by molar-refractivity contribution is -0.135. The predicted molar refractivity (Wildman–Crippen MR) is 121 cm³/mol. The molecule has 0 amide bonds. The van der Waals surface area contributed by atoms with Gasteiger partial charge in [0.05, 0.1) is 6.10 Å². The van der Waals surface area contributed by atoms with Gasteiger partial charge in [-0.3, -0.25) is 4.79 Å². The van der Waals surface area contributed by atoms with Crippen LogP contribution in [0.4, 0.5) is 0 Å². The molecule has 172 valence electrons. The maximum Gasteiger partial charge on any atom is 0.163 e. The lowest BCUT2D eigenvalue weighted by Gasteiger charge is -2.61. The first-order valence-corrected chi connectivity index (χ1v) is 12.9. The van der Waals surface area contributed by atoms with Gasteiger partial charge in [0, 0.05) is 6.42 Å². The summed E-state index contributed by atoms with van der Waals surface area (Å²) >= 11 is 0. The van der Waals surface area contributed by atoms with Gasteiger partial charge in [-0.1, -0.05) is 20.8 Å². The second-order valence-electron chi connectivity index (χ2n) is 12.8. The Hall–Kier alpha value is -0.410. The molecule has 4 aliphatic rings. The smallest absolute Gasteiger partial charge is 0.163 e. The number of ketones is 1. The molecule has 3 heteroatoms. The first-order valence-electron chi connectivity index (χ1n) is 12.9. The van der Waals surface area contributed by atoms with Crippen LogP contribution in [0, 0.1) is 46.3 Å². The zero-order valence-electron chi connectivity index (χ0n) is 20.1. The standard InChI is InChI=1S/C27H46O3/c1-17(6-11-24(29)25(2,3)30)21-9-10-22-20-8-7-18-16-19(28)12-14-26(18,4)23(20)13-15-27(21,22)5/h17-23,28,30H,6-16H2,1-5H3/t17-,18-,19-,20+,21-,22+,23+,26+,27-/m1/s1. The molecular formula is C27H46O3. The molecule has 0 radical (unpaired) electrons. The van der Waals surface area contributed by atoms with Gasteiger partial charge in [0.15, 0.2) is 5.78 Å². The van der Waals surface area contributed by atoms with E-state index in [4.69, 9.17) is 0 Å². The van der Waals surface area contributed by atoms with Gasteiger partial charge >= 0.3 is 0 Å². The number of Topliss-reactive ketones (excluding diaryl/α,β-unsaturated/α-hetero) is 1. The fourth-order valence-corrected chi connectivity index (χ4v) is 9.08. The first-order chi connectivity index (χ1) is 14.0. The second-order valence-corrected chi connectivity index (χ2v) is 12.8. The normalized spacial score (nSPS) is 47.2. The number of aliphatic hydroxyl groups is 2. The molecular weight excluding hydrogens is 372 g/mol. The Balaban J connectivity index is 1.45. The molecule has 0 aromatic heterocycles. The van der Waals surface area contributed by atoms with Gasteiger partial charge in [-0.05, 0) is 124 Å². The summed E-state index contributed by atoms with van der Waals surface area (Å²) in [5, 5.41) is 20.2. The maximum absolute atomic E-state index is 12.3. The molecule has 3 nitrogen and oxygen atoms in total. The largest absolute Gasteiger partial charge is 0.393 e. The molecule has 0 bridgehead atoms. The number of hydrogen-bond donors (Lipinski definition) is 2. The number of fused-ring (bicyclic) bond motifs is 5. The molecule has 0 aliphatic heterocycles. The van der Waals surface area contributed by atoms with Crippen LogP contribution in [0.3, 0.4) is 0 Å². The summed E-state index contributed by atoms with van der Waals surface area (Å²) in [6, 6.07) is 0. The van der Waals surface area contributed by atoms with E-state index in [-0.39, 0.29) is 11.9 Å². The monoisotopic (exact) mass is 418 g/mol. The summed E-state index contributed by atoms with van der Waals surface area (Å²) in [6.07, 6.45) is 12.7. The number of hydrogen-bond acceptors (Lipinski definition) is 3. The summed E-state index contributed by atoms with van der Waals surface area (Å²) in [5.74, 6) is 4.57. The average Bonchev–Trinajstić information content (AvgIpc) is 3.03. The summed E-state index contributed by atoms with van der Waals surface area (Å²) in [4.78, 5) is 12.3. The van der Waals surface area contributed by atoms with E-state index in [1.54, 1.807) is 13.8 Å². The molecule has 4 saturated carbocycles. The minimum absolute atomic E-state index is 0.0107. The molecule has 2 N–H and O–H groups in total. The van der Waals surface area contributed by atoms with Crippen LogP contribution in [-0.4, -0.2) is 27.7 Å². The first kappa shape index (κ1) is 22.8. The SMILES string of the molecule is C[C@H](CCC(=O)C(C)(C)O)[C@H]1CC[C@H]2[C@@H]3CC[C@@H]4C[C@H](O)CC[C@]4(C)[C@H]3CC[C@]12C. The second kappa shape index (κ2) is 7.87.